The van der Waals surface area contributed by atoms with Crippen LogP contribution in [-0.2, 0) is 0 Å². The van der Waals surface area contributed by atoms with Gasteiger partial charge in [-0.15, -0.1) is 0 Å². The number of imidazole rings is 1. The predicted octanol–water partition coefficient (Wildman–Crippen LogP) is 3.82. The summed E-state index contributed by atoms with van der Waals surface area (Å²) >= 11 is 6.08. The number of methoxy groups -OCH3 is 1. The van der Waals surface area contributed by atoms with Gasteiger partial charge in [0.15, 0.2) is 10.9 Å². The zero-order valence-electron chi connectivity index (χ0n) is 13.2. The van der Waals surface area contributed by atoms with Gasteiger partial charge in [-0.1, -0.05) is 23.7 Å². The number of rotatable bonds is 4. The average molecular weight is 353 g/mol. The van der Waals surface area contributed by atoms with E-state index >= 15 is 0 Å². The maximum Gasteiger partial charge on any atom is 0.206 e. The van der Waals surface area contributed by atoms with Gasteiger partial charge in [-0.3, -0.25) is 0 Å². The van der Waals surface area contributed by atoms with Gasteiger partial charge in [0, 0.05) is 11.8 Å². The zero-order chi connectivity index (χ0) is 17.2. The van der Waals surface area contributed by atoms with Gasteiger partial charge < -0.3 is 15.0 Å². The monoisotopic (exact) mass is 352 g/mol. The Morgan fingerprint density at radius 1 is 1.12 bits per heavy atom. The molecule has 1 aromatic carbocycles. The van der Waals surface area contributed by atoms with Gasteiger partial charge in [0.05, 0.1) is 18.1 Å². The Morgan fingerprint density at radius 3 is 2.84 bits per heavy atom. The molecule has 7 nitrogen and oxygen atoms in total. The van der Waals surface area contributed by atoms with E-state index in [1.807, 2.05) is 36.4 Å². The Morgan fingerprint density at radius 2 is 2.04 bits per heavy atom. The average Bonchev–Trinajstić information content (AvgIpc) is 3.03. The van der Waals surface area contributed by atoms with Gasteiger partial charge in [0.25, 0.3) is 0 Å². The third kappa shape index (κ3) is 2.97. The Kier molecular flexibility index (Phi) is 3.91. The molecule has 0 aliphatic carbocycles. The number of halogens is 1. The third-order valence-corrected chi connectivity index (χ3v) is 3.90. The summed E-state index contributed by atoms with van der Waals surface area (Å²) in [5.41, 5.74) is 3.15. The first-order chi connectivity index (χ1) is 12.2. The summed E-state index contributed by atoms with van der Waals surface area (Å²) in [5, 5.41) is 3.41. The molecular weight excluding hydrogens is 340 g/mol. The molecule has 0 fully saturated rings. The minimum Gasteiger partial charge on any atom is -0.491 e. The van der Waals surface area contributed by atoms with Crippen LogP contribution in [0.4, 0.5) is 11.8 Å². The third-order valence-electron chi connectivity index (χ3n) is 3.63. The standard InChI is InChI=1S/C17H13ClN6O/c1-25-15-14(20-9-21-16(15)18)10-5-6-11-12(8-10)23-17(22-11)24-13-4-2-3-7-19-13/h2-9H,1H3,(H2,19,22,23,24). The number of benzene rings is 1. The van der Waals surface area contributed by atoms with Gasteiger partial charge in [0.2, 0.25) is 5.95 Å². The molecule has 25 heavy (non-hydrogen) atoms. The van der Waals surface area contributed by atoms with Crippen LogP contribution in [0.1, 0.15) is 0 Å². The lowest BCUT2D eigenvalue weighted by molar-refractivity contribution is 0.413. The molecule has 2 N–H and O–H groups in total. The largest absolute Gasteiger partial charge is 0.491 e. The van der Waals surface area contributed by atoms with Crippen molar-refractivity contribution < 1.29 is 4.74 Å². The van der Waals surface area contributed by atoms with Gasteiger partial charge in [-0.2, -0.15) is 0 Å². The summed E-state index contributed by atoms with van der Waals surface area (Å²) in [4.78, 5) is 20.2. The van der Waals surface area contributed by atoms with E-state index in [0.717, 1.165) is 16.6 Å². The number of anilines is 2. The summed E-state index contributed by atoms with van der Waals surface area (Å²) in [5.74, 6) is 1.76. The maximum atomic E-state index is 6.08. The zero-order valence-corrected chi connectivity index (χ0v) is 13.9. The van der Waals surface area contributed by atoms with Gasteiger partial charge in [-0.25, -0.2) is 19.9 Å². The van der Waals surface area contributed by atoms with Gasteiger partial charge in [0.1, 0.15) is 17.8 Å². The number of hydrogen-bond acceptors (Lipinski definition) is 6. The Labute approximate surface area is 148 Å². The molecule has 0 spiro atoms. The molecule has 0 radical (unpaired) electrons. The fourth-order valence-corrected chi connectivity index (χ4v) is 2.72. The first kappa shape index (κ1) is 15.3. The lowest BCUT2D eigenvalue weighted by Crippen LogP contribution is -1.94. The number of nitrogens with one attached hydrogen (secondary N) is 2. The fraction of sp³-hybridized carbons (Fsp3) is 0.0588. The summed E-state index contributed by atoms with van der Waals surface area (Å²) in [6, 6.07) is 11.4. The topological polar surface area (TPSA) is 88.6 Å². The number of aromatic nitrogens is 5. The van der Waals surface area contributed by atoms with Crippen LogP contribution in [0, 0.1) is 0 Å². The lowest BCUT2D eigenvalue weighted by atomic mass is 10.1. The highest BCUT2D eigenvalue weighted by Gasteiger charge is 2.14. The first-order valence-electron chi connectivity index (χ1n) is 7.47. The van der Waals surface area contributed by atoms with Crippen LogP contribution in [0.3, 0.4) is 0 Å². The number of fused-ring (bicyclic) bond motifs is 1. The molecule has 3 aromatic heterocycles. The number of H-pyrrole nitrogens is 1. The molecule has 0 bridgehead atoms. The predicted molar refractivity (Wildman–Crippen MR) is 96.2 cm³/mol. The number of nitrogens with zero attached hydrogens (tertiary/aromatic N) is 4. The van der Waals surface area contributed by atoms with E-state index in [-0.39, 0.29) is 5.15 Å². The van der Waals surface area contributed by atoms with Crippen LogP contribution in [0.15, 0.2) is 48.9 Å². The molecule has 0 amide bonds. The second-order valence-electron chi connectivity index (χ2n) is 5.20. The highest BCUT2D eigenvalue weighted by Crippen LogP contribution is 2.33. The number of aromatic amines is 1. The second-order valence-corrected chi connectivity index (χ2v) is 5.56. The molecule has 0 unspecified atom stereocenters. The van der Waals surface area contributed by atoms with E-state index in [2.05, 4.69) is 30.2 Å². The van der Waals surface area contributed by atoms with Crippen LogP contribution in [-0.4, -0.2) is 32.0 Å². The van der Waals surface area contributed by atoms with Crippen molar-refractivity contribution in [2.75, 3.05) is 12.4 Å². The van der Waals surface area contributed by atoms with Gasteiger partial charge in [-0.05, 0) is 24.3 Å². The van der Waals surface area contributed by atoms with Crippen molar-refractivity contribution in [3.63, 3.8) is 0 Å². The van der Waals surface area contributed by atoms with Crippen LogP contribution in [0.2, 0.25) is 5.15 Å². The molecule has 4 rings (SSSR count). The van der Waals surface area contributed by atoms with Crippen molar-refractivity contribution in [3.05, 3.63) is 54.1 Å². The van der Waals surface area contributed by atoms with Crippen LogP contribution < -0.4 is 10.1 Å². The van der Waals surface area contributed by atoms with Crippen LogP contribution in [0.5, 0.6) is 5.75 Å². The van der Waals surface area contributed by atoms with Crippen molar-refractivity contribution in [2.24, 2.45) is 0 Å². The summed E-state index contributed by atoms with van der Waals surface area (Å²) < 4.78 is 5.32. The maximum absolute atomic E-state index is 6.08. The molecule has 4 aromatic rings. The quantitative estimate of drug-likeness (QED) is 0.543. The molecule has 0 aliphatic heterocycles. The molecule has 0 aliphatic rings. The van der Waals surface area contributed by atoms with Crippen molar-refractivity contribution in [2.45, 2.75) is 0 Å². The highest BCUT2D eigenvalue weighted by molar-refractivity contribution is 6.31. The van der Waals surface area contributed by atoms with E-state index in [9.17, 15) is 0 Å². The Hall–Kier alpha value is -3.19. The van der Waals surface area contributed by atoms with Crippen LogP contribution >= 0.6 is 11.6 Å². The summed E-state index contributed by atoms with van der Waals surface area (Å²) in [6.07, 6.45) is 3.12. The fourth-order valence-electron chi connectivity index (χ4n) is 2.51. The molecule has 124 valence electrons. The summed E-state index contributed by atoms with van der Waals surface area (Å²) in [6.45, 7) is 0. The van der Waals surface area contributed by atoms with E-state index < -0.39 is 0 Å². The first-order valence-corrected chi connectivity index (χ1v) is 7.85. The Bertz CT molecular complexity index is 1030. The molecular formula is C17H13ClN6O. The number of hydrogen-bond donors (Lipinski definition) is 2. The Balaban J connectivity index is 1.73. The van der Waals surface area contributed by atoms with Gasteiger partial charge >= 0.3 is 0 Å². The number of ether oxygens (including phenoxy) is 1. The molecule has 8 heteroatoms. The van der Waals surface area contributed by atoms with Crippen LogP contribution in [0.25, 0.3) is 22.3 Å². The lowest BCUT2D eigenvalue weighted by Gasteiger charge is -2.08. The minimum absolute atomic E-state index is 0.273. The smallest absolute Gasteiger partial charge is 0.206 e. The van der Waals surface area contributed by atoms with Crippen molar-refractivity contribution in [1.29, 1.82) is 0 Å². The SMILES string of the molecule is COc1c(Cl)ncnc1-c1ccc2nc(Nc3ccccn3)[nH]c2c1. The minimum atomic E-state index is 0.273. The van der Waals surface area contributed by atoms with Crippen molar-refractivity contribution in [1.82, 2.24) is 24.9 Å². The van der Waals surface area contributed by atoms with E-state index in [1.165, 1.54) is 13.4 Å². The molecule has 0 saturated heterocycles. The normalized spacial score (nSPS) is 10.8. The van der Waals surface area contributed by atoms with Crippen molar-refractivity contribution >= 4 is 34.4 Å². The second kappa shape index (κ2) is 6.37. The van der Waals surface area contributed by atoms with E-state index in [1.54, 1.807) is 6.20 Å². The van der Waals surface area contributed by atoms with Crippen molar-refractivity contribution in [3.8, 4) is 17.0 Å². The molecule has 0 saturated carbocycles. The summed E-state index contributed by atoms with van der Waals surface area (Å²) in [7, 11) is 1.54. The highest BCUT2D eigenvalue weighted by atomic mass is 35.5. The molecule has 0 atom stereocenters. The number of pyridine rings is 1. The molecule has 3 heterocycles. The van der Waals surface area contributed by atoms with E-state index in [0.29, 0.717) is 23.2 Å². The van der Waals surface area contributed by atoms with E-state index in [4.69, 9.17) is 16.3 Å².